The number of amides is 2. The molecule has 0 saturated heterocycles. The summed E-state index contributed by atoms with van der Waals surface area (Å²) in [4.78, 5) is 24.2. The van der Waals surface area contributed by atoms with E-state index in [-0.39, 0.29) is 33.6 Å². The van der Waals surface area contributed by atoms with Gasteiger partial charge in [0.2, 0.25) is 0 Å². The Morgan fingerprint density at radius 1 is 0.614 bits per heavy atom. The first-order valence-electron chi connectivity index (χ1n) is 12.6. The Kier molecular flexibility index (Phi) is 9.50. The van der Waals surface area contributed by atoms with Crippen LogP contribution in [0.4, 0.5) is 11.4 Å². The van der Waals surface area contributed by atoms with E-state index >= 15 is 0 Å². The first-order chi connectivity index (χ1) is 20.8. The van der Waals surface area contributed by atoms with E-state index in [2.05, 4.69) is 10.6 Å². The van der Waals surface area contributed by atoms with Crippen LogP contribution in [0.25, 0.3) is 12.2 Å². The monoisotopic (exact) mass is 638 g/mol. The summed E-state index contributed by atoms with van der Waals surface area (Å²) in [6.45, 7) is 0. The number of carbonyl (C=O) groups is 2. The second kappa shape index (κ2) is 13.1. The average Bonchev–Trinajstić information content (AvgIpc) is 2.99. The van der Waals surface area contributed by atoms with Gasteiger partial charge in [-0.2, -0.15) is 16.8 Å². The van der Waals surface area contributed by atoms with Crippen LogP contribution in [0, 0.1) is 0 Å². The van der Waals surface area contributed by atoms with Crippen LogP contribution < -0.4 is 20.1 Å². The van der Waals surface area contributed by atoms with Gasteiger partial charge in [0, 0.05) is 22.5 Å². The molecule has 2 amide bonds. The molecule has 4 N–H and O–H groups in total. The smallest absolute Gasteiger partial charge is 0.295 e. The predicted molar refractivity (Wildman–Crippen MR) is 163 cm³/mol. The number of hydrogen-bond donors (Lipinski definition) is 4. The first kappa shape index (κ1) is 31.9. The molecule has 0 atom stereocenters. The number of rotatable bonds is 10. The van der Waals surface area contributed by atoms with E-state index in [1.165, 1.54) is 74.9 Å². The van der Waals surface area contributed by atoms with E-state index < -0.39 is 41.8 Å². The highest BCUT2D eigenvalue weighted by Gasteiger charge is 2.19. The van der Waals surface area contributed by atoms with Gasteiger partial charge in [0.05, 0.1) is 14.2 Å². The van der Waals surface area contributed by atoms with Gasteiger partial charge in [0.1, 0.15) is 21.3 Å². The summed E-state index contributed by atoms with van der Waals surface area (Å²) in [5.74, 6) is -0.253. The molecule has 12 nitrogen and oxygen atoms in total. The standard InChI is InChI=1S/C30H26N2O10S2/c1-41-25-7-3-5-21(15-25)29(33)31-23-13-11-19(27(17-23)43(35,36)37)9-10-20-12-14-24(18-28(20)44(38,39)40)32-30(34)22-6-4-8-26(16-22)42-2/h3-18H,1-2H3,(H,31,33)(H,32,34)(H,35,36,37)(H,38,39,40). The maximum Gasteiger partial charge on any atom is 0.295 e. The molecule has 0 aliphatic carbocycles. The SMILES string of the molecule is COc1cccc(C(=O)Nc2ccc(C=Cc3ccc(NC(=O)c4cccc(OC)c4)cc3S(=O)(=O)O)c(S(=O)(=O)O)c2)c1. The van der Waals surface area contributed by atoms with Gasteiger partial charge < -0.3 is 20.1 Å². The molecule has 0 saturated carbocycles. The number of anilines is 2. The highest BCUT2D eigenvalue weighted by atomic mass is 32.2. The largest absolute Gasteiger partial charge is 0.497 e. The normalized spacial score (nSPS) is 11.6. The summed E-state index contributed by atoms with van der Waals surface area (Å²) in [5, 5.41) is 5.09. The van der Waals surface area contributed by atoms with E-state index in [0.29, 0.717) is 11.5 Å². The van der Waals surface area contributed by atoms with Crippen molar-refractivity contribution >= 4 is 55.6 Å². The van der Waals surface area contributed by atoms with Crippen LogP contribution in [-0.2, 0) is 20.2 Å². The predicted octanol–water partition coefficient (Wildman–Crippen LogP) is 4.87. The van der Waals surface area contributed by atoms with Crippen molar-refractivity contribution in [2.75, 3.05) is 24.9 Å². The lowest BCUT2D eigenvalue weighted by Crippen LogP contribution is -2.13. The minimum absolute atomic E-state index is 0.0522. The Labute approximate surface area is 253 Å². The zero-order chi connectivity index (χ0) is 32.1. The van der Waals surface area contributed by atoms with E-state index in [1.54, 1.807) is 24.3 Å². The molecular weight excluding hydrogens is 612 g/mol. The Morgan fingerprint density at radius 2 is 1.00 bits per heavy atom. The van der Waals surface area contributed by atoms with Gasteiger partial charge in [0.25, 0.3) is 32.1 Å². The number of nitrogens with one attached hydrogen (secondary N) is 2. The Hall–Kier alpha value is -5.02. The molecule has 0 bridgehead atoms. The third kappa shape index (κ3) is 7.87. The third-order valence-corrected chi connectivity index (χ3v) is 8.02. The lowest BCUT2D eigenvalue weighted by atomic mass is 10.1. The number of methoxy groups -OCH3 is 2. The topological polar surface area (TPSA) is 185 Å². The van der Waals surface area contributed by atoms with Crippen molar-refractivity contribution in [3.63, 3.8) is 0 Å². The maximum absolute atomic E-state index is 12.7. The van der Waals surface area contributed by atoms with Gasteiger partial charge in [-0.3, -0.25) is 18.7 Å². The molecule has 0 aliphatic heterocycles. The molecule has 14 heteroatoms. The second-order valence-corrected chi connectivity index (χ2v) is 11.9. The van der Waals surface area contributed by atoms with Crippen LogP contribution in [0.2, 0.25) is 0 Å². The van der Waals surface area contributed by atoms with Gasteiger partial charge in [-0.1, -0.05) is 36.4 Å². The minimum atomic E-state index is -4.81. The average molecular weight is 639 g/mol. The minimum Gasteiger partial charge on any atom is -0.497 e. The highest BCUT2D eigenvalue weighted by molar-refractivity contribution is 7.86. The molecular formula is C30H26N2O10S2. The van der Waals surface area contributed by atoms with Crippen LogP contribution in [0.3, 0.4) is 0 Å². The van der Waals surface area contributed by atoms with Crippen molar-refractivity contribution in [3.05, 3.63) is 107 Å². The fourth-order valence-corrected chi connectivity index (χ4v) is 5.48. The first-order valence-corrected chi connectivity index (χ1v) is 15.5. The van der Waals surface area contributed by atoms with Crippen molar-refractivity contribution < 1.29 is 45.0 Å². The number of benzene rings is 4. The zero-order valence-corrected chi connectivity index (χ0v) is 24.8. The van der Waals surface area contributed by atoms with Crippen molar-refractivity contribution in [1.29, 1.82) is 0 Å². The molecule has 0 spiro atoms. The van der Waals surface area contributed by atoms with Crippen molar-refractivity contribution in [1.82, 2.24) is 0 Å². The number of carbonyl (C=O) groups excluding carboxylic acids is 2. The van der Waals surface area contributed by atoms with Crippen molar-refractivity contribution in [2.24, 2.45) is 0 Å². The van der Waals surface area contributed by atoms with Crippen molar-refractivity contribution in [2.45, 2.75) is 9.79 Å². The van der Waals surface area contributed by atoms with E-state index in [4.69, 9.17) is 9.47 Å². The summed E-state index contributed by atoms with van der Waals surface area (Å²) < 4.78 is 78.7. The van der Waals surface area contributed by atoms with Crippen LogP contribution in [0.1, 0.15) is 31.8 Å². The van der Waals surface area contributed by atoms with Crippen LogP contribution >= 0.6 is 0 Å². The summed E-state index contributed by atoms with van der Waals surface area (Å²) >= 11 is 0. The third-order valence-electron chi connectivity index (χ3n) is 6.20. The Bertz CT molecular complexity index is 1850. The highest BCUT2D eigenvalue weighted by Crippen LogP contribution is 2.27. The summed E-state index contributed by atoms with van der Waals surface area (Å²) in [5.41, 5.74) is 0.479. The number of hydrogen-bond acceptors (Lipinski definition) is 8. The molecule has 0 fully saturated rings. The number of ether oxygens (including phenoxy) is 2. The van der Waals surface area contributed by atoms with Gasteiger partial charge in [-0.25, -0.2) is 0 Å². The fourth-order valence-electron chi connectivity index (χ4n) is 4.06. The lowest BCUT2D eigenvalue weighted by Gasteiger charge is -2.11. The second-order valence-electron chi connectivity index (χ2n) is 9.16. The molecule has 228 valence electrons. The van der Waals surface area contributed by atoms with Gasteiger partial charge >= 0.3 is 0 Å². The summed E-state index contributed by atoms with van der Waals surface area (Å²) in [6.07, 6.45) is 2.41. The quantitative estimate of drug-likeness (QED) is 0.138. The van der Waals surface area contributed by atoms with E-state index in [1.807, 2.05) is 0 Å². The molecule has 4 rings (SSSR count). The fraction of sp³-hybridized carbons (Fsp3) is 0.0667. The Morgan fingerprint density at radius 3 is 1.34 bits per heavy atom. The maximum atomic E-state index is 12.7. The molecule has 4 aromatic rings. The van der Waals surface area contributed by atoms with Crippen LogP contribution in [-0.4, -0.2) is 52.0 Å². The van der Waals surface area contributed by atoms with Gasteiger partial charge in [-0.15, -0.1) is 0 Å². The van der Waals surface area contributed by atoms with Crippen LogP contribution in [0.5, 0.6) is 11.5 Å². The molecule has 0 unspecified atom stereocenters. The van der Waals surface area contributed by atoms with E-state index in [0.717, 1.165) is 12.1 Å². The van der Waals surface area contributed by atoms with Crippen molar-refractivity contribution in [3.8, 4) is 11.5 Å². The molecule has 0 heterocycles. The summed E-state index contributed by atoms with van der Waals surface area (Å²) in [6, 6.07) is 19.9. The molecule has 0 aliphatic rings. The zero-order valence-electron chi connectivity index (χ0n) is 23.2. The molecule has 4 aromatic carbocycles. The van der Waals surface area contributed by atoms with Gasteiger partial charge in [0.15, 0.2) is 0 Å². The molecule has 0 radical (unpaired) electrons. The summed E-state index contributed by atoms with van der Waals surface area (Å²) in [7, 11) is -6.73. The molecule has 0 aromatic heterocycles. The van der Waals surface area contributed by atoms with Gasteiger partial charge in [-0.05, 0) is 71.8 Å². The molecule has 44 heavy (non-hydrogen) atoms. The Balaban J connectivity index is 1.63. The lowest BCUT2D eigenvalue weighted by molar-refractivity contribution is 0.101. The van der Waals surface area contributed by atoms with Crippen LogP contribution in [0.15, 0.2) is 94.7 Å². The van der Waals surface area contributed by atoms with E-state index in [9.17, 15) is 35.5 Å².